The number of guanidine groups is 1. The maximum atomic E-state index is 12.6. The molecule has 3 aliphatic rings. The molecule has 3 fully saturated rings. The smallest absolute Gasteiger partial charge is 0.236 e. The molecule has 0 bridgehead atoms. The molecule has 0 unspecified atom stereocenters. The Morgan fingerprint density at radius 1 is 1.06 bits per heavy atom. The lowest BCUT2D eigenvalue weighted by molar-refractivity contribution is -0.136. The Balaban J connectivity index is 1.34. The first kappa shape index (κ1) is 22.0. The van der Waals surface area contributed by atoms with Crippen molar-refractivity contribution in [3.8, 4) is 0 Å². The van der Waals surface area contributed by atoms with Crippen molar-refractivity contribution in [3.05, 3.63) is 11.6 Å². The summed E-state index contributed by atoms with van der Waals surface area (Å²) in [6.45, 7) is 9.15. The van der Waals surface area contributed by atoms with Crippen LogP contribution in [0.15, 0.2) is 4.99 Å². The van der Waals surface area contributed by atoms with Gasteiger partial charge in [0.25, 0.3) is 0 Å². The molecule has 1 saturated carbocycles. The number of hydrogen-bond donors (Lipinski definition) is 1. The van der Waals surface area contributed by atoms with Crippen molar-refractivity contribution in [1.29, 1.82) is 0 Å². The highest BCUT2D eigenvalue weighted by Gasteiger charge is 2.26. The number of carbonyl (C=O) groups is 1. The van der Waals surface area contributed by atoms with Gasteiger partial charge < -0.3 is 24.4 Å². The number of piperazine rings is 1. The molecule has 31 heavy (non-hydrogen) atoms. The van der Waals surface area contributed by atoms with Crippen LogP contribution < -0.4 is 5.32 Å². The molecule has 1 aromatic heterocycles. The van der Waals surface area contributed by atoms with Gasteiger partial charge in [-0.2, -0.15) is 0 Å². The first-order valence-corrected chi connectivity index (χ1v) is 11.6. The third-order valence-electron chi connectivity index (χ3n) is 6.64. The number of ether oxygens (including phenoxy) is 1. The van der Waals surface area contributed by atoms with E-state index in [0.29, 0.717) is 45.4 Å². The number of hydrogen-bond acceptors (Lipinski definition) is 6. The van der Waals surface area contributed by atoms with E-state index in [1.165, 1.54) is 25.7 Å². The number of aromatic nitrogens is 3. The minimum atomic E-state index is 0.215. The van der Waals surface area contributed by atoms with Crippen LogP contribution in [0.1, 0.15) is 37.3 Å². The van der Waals surface area contributed by atoms with Gasteiger partial charge in [-0.3, -0.25) is 9.69 Å². The highest BCUT2D eigenvalue weighted by molar-refractivity contribution is 5.81. The van der Waals surface area contributed by atoms with Gasteiger partial charge in [0.2, 0.25) is 5.91 Å². The van der Waals surface area contributed by atoms with E-state index in [1.54, 1.807) is 0 Å². The Kier molecular flexibility index (Phi) is 7.39. The van der Waals surface area contributed by atoms with Gasteiger partial charge in [-0.15, -0.1) is 10.2 Å². The molecule has 172 valence electrons. The zero-order chi connectivity index (χ0) is 21.6. The van der Waals surface area contributed by atoms with Crippen molar-refractivity contribution in [2.45, 2.75) is 45.2 Å². The normalized spacial score (nSPS) is 21.7. The van der Waals surface area contributed by atoms with Gasteiger partial charge in [-0.25, -0.2) is 4.99 Å². The van der Waals surface area contributed by atoms with E-state index in [4.69, 9.17) is 9.73 Å². The van der Waals surface area contributed by atoms with Gasteiger partial charge in [-0.1, -0.05) is 12.8 Å². The molecule has 2 saturated heterocycles. The third-order valence-corrected chi connectivity index (χ3v) is 6.64. The van der Waals surface area contributed by atoms with Gasteiger partial charge in [0.15, 0.2) is 11.8 Å². The van der Waals surface area contributed by atoms with Crippen LogP contribution in [0.2, 0.25) is 0 Å². The largest absolute Gasteiger partial charge is 0.378 e. The molecule has 1 aliphatic carbocycles. The molecule has 4 rings (SSSR count). The first-order valence-electron chi connectivity index (χ1n) is 11.6. The highest BCUT2D eigenvalue weighted by atomic mass is 16.5. The average molecular weight is 433 g/mol. The summed E-state index contributed by atoms with van der Waals surface area (Å²) >= 11 is 0. The van der Waals surface area contributed by atoms with Crippen molar-refractivity contribution in [3.63, 3.8) is 0 Å². The second kappa shape index (κ2) is 10.4. The van der Waals surface area contributed by atoms with Crippen molar-refractivity contribution in [2.24, 2.45) is 12.0 Å². The highest BCUT2D eigenvalue weighted by Crippen LogP contribution is 2.18. The molecule has 10 nitrogen and oxygen atoms in total. The molecule has 0 radical (unpaired) electrons. The Morgan fingerprint density at radius 3 is 2.42 bits per heavy atom. The lowest BCUT2D eigenvalue weighted by Crippen LogP contribution is -2.55. The molecular formula is C21H36N8O2. The van der Waals surface area contributed by atoms with Crippen LogP contribution in [0.3, 0.4) is 0 Å². The van der Waals surface area contributed by atoms with Crippen LogP contribution in [0, 0.1) is 6.92 Å². The summed E-state index contributed by atoms with van der Waals surface area (Å²) in [4.78, 5) is 24.0. The lowest BCUT2D eigenvalue weighted by Gasteiger charge is -2.38. The Morgan fingerprint density at radius 2 is 1.77 bits per heavy atom. The Bertz CT molecular complexity index is 759. The molecule has 0 atom stereocenters. The maximum Gasteiger partial charge on any atom is 0.236 e. The van der Waals surface area contributed by atoms with Gasteiger partial charge in [0.05, 0.1) is 19.8 Å². The molecular weight excluding hydrogens is 396 g/mol. The molecule has 0 spiro atoms. The van der Waals surface area contributed by atoms with E-state index in [9.17, 15) is 4.79 Å². The standard InChI is InChI=1S/C21H36N8O2/c1-17-24-25-19(26(17)2)15-22-21(23-18-5-3-4-6-18)29-9-7-27(8-10-29)16-20(30)28-11-13-31-14-12-28/h18H,3-16H2,1-2H3,(H,22,23). The molecule has 1 aromatic rings. The minimum absolute atomic E-state index is 0.215. The topological polar surface area (TPSA) is 91.1 Å². The first-order chi connectivity index (χ1) is 15.1. The molecule has 1 N–H and O–H groups in total. The fourth-order valence-corrected chi connectivity index (χ4v) is 4.45. The molecule has 0 aromatic carbocycles. The van der Waals surface area contributed by atoms with E-state index in [1.807, 2.05) is 23.4 Å². The summed E-state index contributed by atoms with van der Waals surface area (Å²) in [6.07, 6.45) is 4.97. The SMILES string of the molecule is Cc1nnc(CN=C(NC2CCCC2)N2CCN(CC(=O)N3CCOCC3)CC2)n1C. The van der Waals surface area contributed by atoms with Crippen molar-refractivity contribution in [1.82, 2.24) is 34.8 Å². The second-order valence-corrected chi connectivity index (χ2v) is 8.74. The van der Waals surface area contributed by atoms with Crippen LogP contribution in [0.5, 0.6) is 0 Å². The fourth-order valence-electron chi connectivity index (χ4n) is 4.45. The predicted octanol–water partition coefficient (Wildman–Crippen LogP) is -0.0119. The zero-order valence-corrected chi connectivity index (χ0v) is 18.9. The fraction of sp³-hybridized carbons (Fsp3) is 0.810. The van der Waals surface area contributed by atoms with Crippen LogP contribution in [0.4, 0.5) is 0 Å². The monoisotopic (exact) mass is 432 g/mol. The van der Waals surface area contributed by atoms with Crippen molar-refractivity contribution < 1.29 is 9.53 Å². The van der Waals surface area contributed by atoms with Crippen LogP contribution in [-0.2, 0) is 23.1 Å². The Labute approximate surface area is 184 Å². The maximum absolute atomic E-state index is 12.6. The molecule has 10 heteroatoms. The summed E-state index contributed by atoms with van der Waals surface area (Å²) in [5, 5.41) is 12.1. The van der Waals surface area contributed by atoms with Gasteiger partial charge in [-0.05, 0) is 19.8 Å². The van der Waals surface area contributed by atoms with E-state index in [0.717, 1.165) is 43.8 Å². The predicted molar refractivity (Wildman–Crippen MR) is 118 cm³/mol. The summed E-state index contributed by atoms with van der Waals surface area (Å²) in [6, 6.07) is 0.501. The number of carbonyl (C=O) groups excluding carboxylic acids is 1. The summed E-state index contributed by atoms with van der Waals surface area (Å²) in [5.41, 5.74) is 0. The van der Waals surface area contributed by atoms with Crippen molar-refractivity contribution >= 4 is 11.9 Å². The summed E-state index contributed by atoms with van der Waals surface area (Å²) < 4.78 is 7.35. The molecule has 2 aliphatic heterocycles. The number of aryl methyl sites for hydroxylation is 1. The number of nitrogens with zero attached hydrogens (tertiary/aromatic N) is 7. The quantitative estimate of drug-likeness (QED) is 0.517. The van der Waals surface area contributed by atoms with Gasteiger partial charge in [0, 0.05) is 52.4 Å². The van der Waals surface area contributed by atoms with E-state index < -0.39 is 0 Å². The van der Waals surface area contributed by atoms with Crippen LogP contribution in [0.25, 0.3) is 0 Å². The molecule has 1 amide bonds. The number of morpholine rings is 1. The number of aliphatic imine (C=N–C) groups is 1. The number of nitrogens with one attached hydrogen (secondary N) is 1. The van der Waals surface area contributed by atoms with E-state index >= 15 is 0 Å². The minimum Gasteiger partial charge on any atom is -0.378 e. The van der Waals surface area contributed by atoms with Crippen molar-refractivity contribution in [2.75, 3.05) is 59.0 Å². The number of rotatable bonds is 5. The Hall–Kier alpha value is -2.20. The third kappa shape index (κ3) is 5.74. The average Bonchev–Trinajstić information content (AvgIpc) is 3.42. The van der Waals surface area contributed by atoms with Crippen LogP contribution >= 0.6 is 0 Å². The van der Waals surface area contributed by atoms with Gasteiger partial charge >= 0.3 is 0 Å². The van der Waals surface area contributed by atoms with Gasteiger partial charge in [0.1, 0.15) is 12.4 Å². The van der Waals surface area contributed by atoms with E-state index in [2.05, 4.69) is 25.3 Å². The molecule has 3 heterocycles. The van der Waals surface area contributed by atoms with E-state index in [-0.39, 0.29) is 5.91 Å². The summed E-state index contributed by atoms with van der Waals surface area (Å²) in [7, 11) is 1.98. The zero-order valence-electron chi connectivity index (χ0n) is 18.9. The van der Waals surface area contributed by atoms with Crippen LogP contribution in [-0.4, -0.2) is 106 Å². The number of amides is 1. The second-order valence-electron chi connectivity index (χ2n) is 8.74. The summed E-state index contributed by atoms with van der Waals surface area (Å²) in [5.74, 6) is 2.95. The lowest BCUT2D eigenvalue weighted by atomic mass is 10.2.